The van der Waals surface area contributed by atoms with Crippen molar-refractivity contribution in [2.24, 2.45) is 7.05 Å². The van der Waals surface area contributed by atoms with Crippen molar-refractivity contribution in [2.45, 2.75) is 31.3 Å². The molecule has 0 aliphatic carbocycles. The molecule has 0 fully saturated rings. The molecule has 0 bridgehead atoms. The third-order valence-corrected chi connectivity index (χ3v) is 7.25. The molecule has 4 heterocycles. The van der Waals surface area contributed by atoms with E-state index in [4.69, 9.17) is 0 Å². The summed E-state index contributed by atoms with van der Waals surface area (Å²) in [4.78, 5) is 18.5. The topological polar surface area (TPSA) is 109 Å². The molecule has 34 heavy (non-hydrogen) atoms. The van der Waals surface area contributed by atoms with Crippen molar-refractivity contribution in [3.8, 4) is 22.9 Å². The molecule has 0 radical (unpaired) electrons. The van der Waals surface area contributed by atoms with Gasteiger partial charge < -0.3 is 14.0 Å². The van der Waals surface area contributed by atoms with Crippen LogP contribution in [0.25, 0.3) is 11.4 Å². The van der Waals surface area contributed by atoms with Crippen molar-refractivity contribution in [3.63, 3.8) is 0 Å². The van der Waals surface area contributed by atoms with E-state index in [0.717, 1.165) is 23.4 Å². The molecule has 2 aliphatic heterocycles. The standard InChI is InChI=1S/C19H15F4N5O5S/c1-3-34(30,31)17-15(25-14(26(17)2)10-6-24-28(8-10)18(20)21)27-7-9-4-12-13(5-11(9)16(27)29)33-19(22,23)32-12/h4-6,8,18H,3,7H2,1-2H3. The summed E-state index contributed by atoms with van der Waals surface area (Å²) < 4.78 is 88.9. The Morgan fingerprint density at radius 3 is 2.50 bits per heavy atom. The van der Waals surface area contributed by atoms with Crippen molar-refractivity contribution in [1.29, 1.82) is 0 Å². The summed E-state index contributed by atoms with van der Waals surface area (Å²) >= 11 is 0. The molecule has 1 amide bonds. The van der Waals surface area contributed by atoms with Crippen LogP contribution in [0.1, 0.15) is 29.4 Å². The number of fused-ring (bicyclic) bond motifs is 2. The lowest BCUT2D eigenvalue weighted by atomic mass is 10.1. The van der Waals surface area contributed by atoms with Crippen molar-refractivity contribution >= 4 is 21.6 Å². The first-order valence-corrected chi connectivity index (χ1v) is 11.4. The number of aromatic nitrogens is 4. The fourth-order valence-electron chi connectivity index (χ4n) is 3.87. The molecule has 180 valence electrons. The number of carbonyl (C=O) groups excluding carboxylic acids is 1. The van der Waals surface area contributed by atoms with E-state index in [1.54, 1.807) is 0 Å². The molecule has 15 heteroatoms. The number of nitrogens with zero attached hydrogens (tertiary/aromatic N) is 5. The van der Waals surface area contributed by atoms with E-state index in [9.17, 15) is 30.8 Å². The number of rotatable bonds is 5. The average Bonchev–Trinajstić information content (AvgIpc) is 3.49. The summed E-state index contributed by atoms with van der Waals surface area (Å²) in [5.41, 5.74) is 0.411. The first-order valence-electron chi connectivity index (χ1n) is 9.78. The van der Waals surface area contributed by atoms with E-state index >= 15 is 0 Å². The zero-order valence-electron chi connectivity index (χ0n) is 17.5. The Bertz CT molecular complexity index is 1450. The Morgan fingerprint density at radius 2 is 1.88 bits per heavy atom. The molecule has 1 aromatic carbocycles. The normalized spacial score (nSPS) is 16.6. The van der Waals surface area contributed by atoms with E-state index in [0.29, 0.717) is 10.2 Å². The summed E-state index contributed by atoms with van der Waals surface area (Å²) in [6.45, 7) is -1.70. The number of hydrogen-bond acceptors (Lipinski definition) is 7. The number of amides is 1. The molecular formula is C19H15F4N5O5S. The van der Waals surface area contributed by atoms with Gasteiger partial charge in [0.2, 0.25) is 0 Å². The molecule has 2 aromatic heterocycles. The molecule has 0 saturated heterocycles. The quantitative estimate of drug-likeness (QED) is 0.495. The lowest BCUT2D eigenvalue weighted by molar-refractivity contribution is -0.286. The first-order chi connectivity index (χ1) is 15.9. The molecule has 0 unspecified atom stereocenters. The predicted molar refractivity (Wildman–Crippen MR) is 107 cm³/mol. The van der Waals surface area contributed by atoms with Crippen LogP contribution in [-0.2, 0) is 23.4 Å². The Balaban J connectivity index is 1.61. The average molecular weight is 501 g/mol. The third-order valence-electron chi connectivity index (χ3n) is 5.45. The Hall–Kier alpha value is -3.62. The van der Waals surface area contributed by atoms with Gasteiger partial charge in [-0.1, -0.05) is 6.92 Å². The second-order valence-electron chi connectivity index (χ2n) is 7.53. The van der Waals surface area contributed by atoms with Gasteiger partial charge in [-0.05, 0) is 17.7 Å². The van der Waals surface area contributed by atoms with Crippen LogP contribution in [0.2, 0.25) is 0 Å². The van der Waals surface area contributed by atoms with Gasteiger partial charge in [-0.2, -0.15) is 13.9 Å². The van der Waals surface area contributed by atoms with Crippen LogP contribution in [0, 0.1) is 0 Å². The molecule has 0 spiro atoms. The SMILES string of the molecule is CCS(=O)(=O)c1c(N2Cc3cc4c(cc3C2=O)OC(F)(F)O4)nc(-c2cnn(C(F)F)c2)n1C. The van der Waals surface area contributed by atoms with Crippen LogP contribution in [0.3, 0.4) is 0 Å². The highest BCUT2D eigenvalue weighted by molar-refractivity contribution is 7.91. The molecular weight excluding hydrogens is 486 g/mol. The molecule has 3 aromatic rings. The van der Waals surface area contributed by atoms with Crippen LogP contribution < -0.4 is 14.4 Å². The molecule has 5 rings (SSSR count). The number of hydrogen-bond donors (Lipinski definition) is 0. The zero-order chi connectivity index (χ0) is 24.6. The zero-order valence-corrected chi connectivity index (χ0v) is 18.3. The summed E-state index contributed by atoms with van der Waals surface area (Å²) in [5, 5.41) is 3.24. The largest absolute Gasteiger partial charge is 0.586 e. The van der Waals surface area contributed by atoms with Crippen molar-refractivity contribution in [2.75, 3.05) is 10.7 Å². The summed E-state index contributed by atoms with van der Waals surface area (Å²) in [6, 6.07) is 2.31. The Labute approximate surface area is 189 Å². The van der Waals surface area contributed by atoms with Crippen LogP contribution >= 0.6 is 0 Å². The number of benzene rings is 1. The lowest BCUT2D eigenvalue weighted by Gasteiger charge is -2.15. The second-order valence-corrected chi connectivity index (χ2v) is 9.72. The second kappa shape index (κ2) is 7.19. The van der Waals surface area contributed by atoms with Gasteiger partial charge >= 0.3 is 12.8 Å². The fraction of sp³-hybridized carbons (Fsp3) is 0.316. The highest BCUT2D eigenvalue weighted by Crippen LogP contribution is 2.45. The number of anilines is 1. The number of carbonyl (C=O) groups is 1. The highest BCUT2D eigenvalue weighted by atomic mass is 32.2. The van der Waals surface area contributed by atoms with Crippen molar-refractivity contribution in [3.05, 3.63) is 35.7 Å². The molecule has 10 nitrogen and oxygen atoms in total. The third kappa shape index (κ3) is 3.29. The molecule has 0 atom stereocenters. The van der Waals surface area contributed by atoms with Gasteiger partial charge in [-0.25, -0.2) is 18.1 Å². The first kappa shape index (κ1) is 22.2. The maximum absolute atomic E-state index is 13.4. The van der Waals surface area contributed by atoms with Gasteiger partial charge in [0.25, 0.3) is 5.91 Å². The van der Waals surface area contributed by atoms with Gasteiger partial charge in [0.15, 0.2) is 32.2 Å². The Kier molecular flexibility index (Phi) is 4.69. The monoisotopic (exact) mass is 501 g/mol. The number of sulfone groups is 1. The highest BCUT2D eigenvalue weighted by Gasteiger charge is 2.46. The number of halogens is 4. The van der Waals surface area contributed by atoms with Crippen LogP contribution in [0.4, 0.5) is 23.4 Å². The van der Waals surface area contributed by atoms with Crippen molar-refractivity contribution in [1.82, 2.24) is 19.3 Å². The number of alkyl halides is 4. The molecule has 0 saturated carbocycles. The van der Waals surface area contributed by atoms with Gasteiger partial charge in [0.1, 0.15) is 5.82 Å². The predicted octanol–water partition coefficient (Wildman–Crippen LogP) is 2.95. The van der Waals surface area contributed by atoms with E-state index in [2.05, 4.69) is 19.6 Å². The van der Waals surface area contributed by atoms with Crippen LogP contribution in [-0.4, -0.2) is 45.7 Å². The van der Waals surface area contributed by atoms with Gasteiger partial charge in [-0.3, -0.25) is 9.69 Å². The number of ether oxygens (including phenoxy) is 2. The molecule has 0 N–H and O–H groups in total. The summed E-state index contributed by atoms with van der Waals surface area (Å²) in [6.07, 6.45) is -1.76. The minimum Gasteiger partial charge on any atom is -0.395 e. The minimum absolute atomic E-state index is 0.00788. The number of imidazole rings is 1. The van der Waals surface area contributed by atoms with E-state index < -0.39 is 28.6 Å². The van der Waals surface area contributed by atoms with Crippen LogP contribution in [0.5, 0.6) is 11.5 Å². The van der Waals surface area contributed by atoms with Gasteiger partial charge in [0.05, 0.1) is 24.1 Å². The summed E-state index contributed by atoms with van der Waals surface area (Å²) in [5.74, 6) is -1.85. The maximum atomic E-state index is 13.4. The van der Waals surface area contributed by atoms with Crippen molar-refractivity contribution < 1.29 is 40.2 Å². The minimum atomic E-state index is -3.95. The lowest BCUT2D eigenvalue weighted by Crippen LogP contribution is -2.26. The Morgan fingerprint density at radius 1 is 1.21 bits per heavy atom. The fourth-order valence-corrected chi connectivity index (χ4v) is 5.09. The summed E-state index contributed by atoms with van der Waals surface area (Å²) in [7, 11) is -2.57. The smallest absolute Gasteiger partial charge is 0.395 e. The van der Waals surface area contributed by atoms with E-state index in [1.165, 1.54) is 24.6 Å². The van der Waals surface area contributed by atoms with Crippen LogP contribution in [0.15, 0.2) is 29.6 Å². The van der Waals surface area contributed by atoms with E-state index in [-0.39, 0.29) is 51.6 Å². The van der Waals surface area contributed by atoms with Gasteiger partial charge in [0, 0.05) is 18.8 Å². The van der Waals surface area contributed by atoms with E-state index in [1.807, 2.05) is 0 Å². The maximum Gasteiger partial charge on any atom is 0.586 e. The molecule has 2 aliphatic rings. The van der Waals surface area contributed by atoms with Gasteiger partial charge in [-0.15, -0.1) is 8.78 Å².